The van der Waals surface area contributed by atoms with Crippen LogP contribution < -0.4 is 9.80 Å². The molecule has 2 heterocycles. The van der Waals surface area contributed by atoms with E-state index in [0.717, 1.165) is 25.0 Å². The summed E-state index contributed by atoms with van der Waals surface area (Å²) in [4.78, 5) is 27.1. The zero-order valence-electron chi connectivity index (χ0n) is 21.0. The van der Waals surface area contributed by atoms with E-state index in [9.17, 15) is 10.1 Å². The van der Waals surface area contributed by atoms with Gasteiger partial charge in [0, 0.05) is 31.9 Å². The minimum atomic E-state index is -1.12. The van der Waals surface area contributed by atoms with Gasteiger partial charge in [-0.25, -0.2) is 9.97 Å². The van der Waals surface area contributed by atoms with Gasteiger partial charge in [0.15, 0.2) is 11.7 Å². The van der Waals surface area contributed by atoms with Crippen molar-refractivity contribution in [2.75, 3.05) is 42.6 Å². The van der Waals surface area contributed by atoms with Crippen LogP contribution >= 0.6 is 0 Å². The Morgan fingerprint density at radius 3 is 2.34 bits per heavy atom. The maximum Gasteiger partial charge on any atom is 0.329 e. The molecule has 1 fully saturated rings. The molecule has 0 saturated carbocycles. The van der Waals surface area contributed by atoms with Crippen LogP contribution in [0, 0.1) is 31.1 Å². The van der Waals surface area contributed by atoms with E-state index in [1.807, 2.05) is 38.1 Å². The molecule has 35 heavy (non-hydrogen) atoms. The van der Waals surface area contributed by atoms with Crippen LogP contribution in [0.25, 0.3) is 11.0 Å². The van der Waals surface area contributed by atoms with Crippen molar-refractivity contribution in [1.82, 2.24) is 9.97 Å². The van der Waals surface area contributed by atoms with Crippen molar-refractivity contribution in [1.29, 1.82) is 5.26 Å². The Hall–Kier alpha value is -3.66. The van der Waals surface area contributed by atoms with Crippen LogP contribution in [0.3, 0.4) is 0 Å². The molecule has 1 aliphatic rings. The largest absolute Gasteiger partial charge is 0.464 e. The van der Waals surface area contributed by atoms with Gasteiger partial charge < -0.3 is 14.5 Å². The highest BCUT2D eigenvalue weighted by atomic mass is 16.5. The second-order valence-corrected chi connectivity index (χ2v) is 9.32. The first-order valence-corrected chi connectivity index (χ1v) is 12.3. The molecule has 1 aromatic heterocycles. The molecule has 0 bridgehead atoms. The molecule has 0 aliphatic carbocycles. The summed E-state index contributed by atoms with van der Waals surface area (Å²) in [5.74, 6) is -0.856. The minimum absolute atomic E-state index is 0.235. The number of fused-ring (bicyclic) bond motifs is 1. The molecule has 0 amide bonds. The molecule has 2 aromatic carbocycles. The van der Waals surface area contributed by atoms with E-state index in [-0.39, 0.29) is 5.92 Å². The number of anilines is 2. The smallest absolute Gasteiger partial charge is 0.329 e. The summed E-state index contributed by atoms with van der Waals surface area (Å²) in [5, 5.41) is 9.97. The van der Waals surface area contributed by atoms with Crippen molar-refractivity contribution in [3.05, 3.63) is 59.3 Å². The van der Waals surface area contributed by atoms with E-state index in [1.54, 1.807) is 0 Å². The molecular weight excluding hydrogens is 438 g/mol. The van der Waals surface area contributed by atoms with Crippen LogP contribution in [0.5, 0.6) is 0 Å². The van der Waals surface area contributed by atoms with Gasteiger partial charge in [0.1, 0.15) is 5.69 Å². The van der Waals surface area contributed by atoms with E-state index in [4.69, 9.17) is 14.7 Å². The van der Waals surface area contributed by atoms with E-state index in [1.165, 1.54) is 16.8 Å². The molecule has 182 valence electrons. The Balaban J connectivity index is 1.63. The van der Waals surface area contributed by atoms with Crippen LogP contribution in [0.2, 0.25) is 0 Å². The molecule has 7 nitrogen and oxygen atoms in total. The average molecular weight is 472 g/mol. The molecule has 3 aromatic rings. The lowest BCUT2D eigenvalue weighted by atomic mass is 10.0. The highest BCUT2D eigenvalue weighted by molar-refractivity contribution is 5.85. The number of nitrogens with zero attached hydrogens (tertiary/aromatic N) is 5. The van der Waals surface area contributed by atoms with E-state index in [2.05, 4.69) is 47.9 Å². The number of benzene rings is 2. The third-order valence-electron chi connectivity index (χ3n) is 6.92. The summed E-state index contributed by atoms with van der Waals surface area (Å²) in [5.41, 5.74) is 5.60. The van der Waals surface area contributed by atoms with Crippen molar-refractivity contribution in [3.8, 4) is 6.07 Å². The number of esters is 1. The fourth-order valence-electron chi connectivity index (χ4n) is 4.32. The summed E-state index contributed by atoms with van der Waals surface area (Å²) in [6.07, 6.45) is 0.899. The van der Waals surface area contributed by atoms with Crippen LogP contribution in [0.4, 0.5) is 11.5 Å². The van der Waals surface area contributed by atoms with Gasteiger partial charge in [-0.05, 0) is 49.1 Å². The Morgan fingerprint density at radius 1 is 1.03 bits per heavy atom. The van der Waals surface area contributed by atoms with E-state index >= 15 is 0 Å². The zero-order chi connectivity index (χ0) is 24.9. The Labute approximate surface area is 207 Å². The maximum absolute atomic E-state index is 12.9. The Bertz CT molecular complexity index is 1240. The fraction of sp³-hybridized carbons (Fsp3) is 0.429. The Kier molecular flexibility index (Phi) is 7.50. The standard InChI is InChI=1S/C28H33N5O2/c1-5-19(2)18-35-28(34)22(17-29)26-27(31-24-11-7-6-10-23(24)30-26)33-15-13-32(14-16-33)25-12-8-9-20(3)21(25)4/h6-12,19,22H,5,13-16,18H2,1-4H3/t19-,22+/m0/s1. The van der Waals surface area contributed by atoms with Gasteiger partial charge in [0.25, 0.3) is 0 Å². The summed E-state index contributed by atoms with van der Waals surface area (Å²) in [6, 6.07) is 16.1. The SMILES string of the molecule is CC[C@H](C)COC(=O)[C@H](C#N)c1nc2ccccc2nc1N1CCN(c2cccc(C)c2C)CC1. The average Bonchev–Trinajstić information content (AvgIpc) is 2.89. The van der Waals surface area contributed by atoms with Gasteiger partial charge in [-0.3, -0.25) is 4.79 Å². The number of carbonyl (C=O) groups is 1. The topological polar surface area (TPSA) is 82.3 Å². The van der Waals surface area contributed by atoms with Crippen molar-refractivity contribution >= 4 is 28.5 Å². The number of carbonyl (C=O) groups excluding carboxylic acids is 1. The van der Waals surface area contributed by atoms with Gasteiger partial charge in [-0.15, -0.1) is 0 Å². The summed E-state index contributed by atoms with van der Waals surface area (Å²) >= 11 is 0. The number of para-hydroxylation sites is 2. The lowest BCUT2D eigenvalue weighted by molar-refractivity contribution is -0.145. The monoisotopic (exact) mass is 471 g/mol. The number of aromatic nitrogens is 2. The second kappa shape index (κ2) is 10.7. The summed E-state index contributed by atoms with van der Waals surface area (Å²) in [7, 11) is 0. The molecule has 0 spiro atoms. The molecule has 1 saturated heterocycles. The first kappa shape index (κ1) is 24.5. The van der Waals surface area contributed by atoms with Gasteiger partial charge in [0.05, 0.1) is 23.7 Å². The predicted molar refractivity (Wildman–Crippen MR) is 139 cm³/mol. The molecule has 7 heteroatoms. The van der Waals surface area contributed by atoms with E-state index < -0.39 is 11.9 Å². The van der Waals surface area contributed by atoms with E-state index in [0.29, 0.717) is 36.7 Å². The molecule has 2 atom stereocenters. The van der Waals surface area contributed by atoms with Crippen molar-refractivity contribution < 1.29 is 9.53 Å². The molecule has 0 radical (unpaired) electrons. The molecule has 0 unspecified atom stereocenters. The third-order valence-corrected chi connectivity index (χ3v) is 6.92. The molecule has 0 N–H and O–H groups in total. The van der Waals surface area contributed by atoms with Gasteiger partial charge in [0.2, 0.25) is 0 Å². The summed E-state index contributed by atoms with van der Waals surface area (Å²) < 4.78 is 5.50. The lowest BCUT2D eigenvalue weighted by Gasteiger charge is -2.38. The first-order valence-electron chi connectivity index (χ1n) is 12.3. The number of hydrogen-bond acceptors (Lipinski definition) is 7. The highest BCUT2D eigenvalue weighted by Crippen LogP contribution is 2.30. The quantitative estimate of drug-likeness (QED) is 0.459. The van der Waals surface area contributed by atoms with Gasteiger partial charge >= 0.3 is 5.97 Å². The number of nitriles is 1. The number of aryl methyl sites for hydroxylation is 1. The van der Waals surface area contributed by atoms with Gasteiger partial charge in [-0.2, -0.15) is 5.26 Å². The van der Waals surface area contributed by atoms with Crippen LogP contribution in [0.1, 0.15) is 43.0 Å². The normalized spacial score (nSPS) is 15.5. The summed E-state index contributed by atoms with van der Waals surface area (Å²) in [6.45, 7) is 11.7. The van der Waals surface area contributed by atoms with Crippen molar-refractivity contribution in [2.45, 2.75) is 40.0 Å². The maximum atomic E-state index is 12.9. The van der Waals surface area contributed by atoms with Crippen molar-refractivity contribution in [3.63, 3.8) is 0 Å². The number of ether oxygens (including phenoxy) is 1. The second-order valence-electron chi connectivity index (χ2n) is 9.32. The molecule has 4 rings (SSSR count). The van der Waals surface area contributed by atoms with Gasteiger partial charge in [-0.1, -0.05) is 44.5 Å². The third kappa shape index (κ3) is 5.22. The Morgan fingerprint density at radius 2 is 1.69 bits per heavy atom. The molecule has 1 aliphatic heterocycles. The predicted octanol–water partition coefficient (Wildman–Crippen LogP) is 4.77. The zero-order valence-corrected chi connectivity index (χ0v) is 21.0. The number of hydrogen-bond donors (Lipinski definition) is 0. The number of rotatable bonds is 7. The van der Waals surface area contributed by atoms with Crippen LogP contribution in [0.15, 0.2) is 42.5 Å². The molecular formula is C28H33N5O2. The minimum Gasteiger partial charge on any atom is -0.464 e. The highest BCUT2D eigenvalue weighted by Gasteiger charge is 2.31. The van der Waals surface area contributed by atoms with Crippen molar-refractivity contribution in [2.24, 2.45) is 5.92 Å². The first-order chi connectivity index (χ1) is 16.9. The van der Waals surface area contributed by atoms with Crippen LogP contribution in [-0.2, 0) is 9.53 Å². The number of piperazine rings is 1. The van der Waals surface area contributed by atoms with Crippen LogP contribution in [-0.4, -0.2) is 48.7 Å². The lowest BCUT2D eigenvalue weighted by Crippen LogP contribution is -2.47. The fourth-order valence-corrected chi connectivity index (χ4v) is 4.32.